The molecule has 3 N–H and O–H groups in total. The predicted octanol–water partition coefficient (Wildman–Crippen LogP) is 0.165. The van der Waals surface area contributed by atoms with Crippen molar-refractivity contribution in [1.29, 1.82) is 0 Å². The summed E-state index contributed by atoms with van der Waals surface area (Å²) in [6.45, 7) is 1.96. The average molecular weight is 246 g/mol. The molecule has 17 heavy (non-hydrogen) atoms. The topological polar surface area (TPSA) is 79.2 Å². The molecule has 0 aliphatic carbocycles. The molecule has 5 nitrogen and oxygen atoms in total. The van der Waals surface area contributed by atoms with Crippen molar-refractivity contribution in [2.24, 2.45) is 0 Å². The van der Waals surface area contributed by atoms with Gasteiger partial charge in [0.1, 0.15) is 6.10 Å². The van der Waals surface area contributed by atoms with Gasteiger partial charge in [-0.2, -0.15) is 0 Å². The second-order valence-electron chi connectivity index (χ2n) is 5.13. The van der Waals surface area contributed by atoms with Crippen LogP contribution in [0.1, 0.15) is 39.0 Å². The molecule has 0 radical (unpaired) electrons. The van der Waals surface area contributed by atoms with Crippen LogP contribution >= 0.6 is 0 Å². The van der Waals surface area contributed by atoms with Crippen LogP contribution in [0.25, 0.3) is 0 Å². The Morgan fingerprint density at radius 2 is 2.06 bits per heavy atom. The van der Waals surface area contributed by atoms with Crippen molar-refractivity contribution in [2.45, 2.75) is 69.2 Å². The second-order valence-corrected chi connectivity index (χ2v) is 5.13. The molecule has 2 aliphatic heterocycles. The lowest BCUT2D eigenvalue weighted by Gasteiger charge is -2.49. The Morgan fingerprint density at radius 3 is 2.71 bits per heavy atom. The fourth-order valence-corrected chi connectivity index (χ4v) is 2.81. The molecule has 2 aliphatic rings. The van der Waals surface area contributed by atoms with E-state index >= 15 is 0 Å². The molecule has 0 saturated carbocycles. The van der Waals surface area contributed by atoms with E-state index in [4.69, 9.17) is 14.6 Å². The predicted molar refractivity (Wildman–Crippen MR) is 60.3 cm³/mol. The molecule has 2 heterocycles. The fourth-order valence-electron chi connectivity index (χ4n) is 2.81. The van der Waals surface area contributed by atoms with Gasteiger partial charge >= 0.3 is 0 Å². The van der Waals surface area contributed by atoms with Gasteiger partial charge in [-0.3, -0.25) is 0 Å². The van der Waals surface area contributed by atoms with Crippen LogP contribution in [0.3, 0.4) is 0 Å². The summed E-state index contributed by atoms with van der Waals surface area (Å²) in [5.74, 6) is -1.07. The Balaban J connectivity index is 2.11. The van der Waals surface area contributed by atoms with Crippen molar-refractivity contribution in [2.75, 3.05) is 6.61 Å². The third-order valence-electron chi connectivity index (χ3n) is 3.67. The molecule has 100 valence electrons. The molecule has 0 bridgehead atoms. The molecule has 0 aromatic heterocycles. The van der Waals surface area contributed by atoms with Crippen molar-refractivity contribution in [3.8, 4) is 0 Å². The van der Waals surface area contributed by atoms with Crippen LogP contribution in [0.2, 0.25) is 0 Å². The van der Waals surface area contributed by atoms with Crippen LogP contribution in [0.5, 0.6) is 0 Å². The molecule has 2 fully saturated rings. The van der Waals surface area contributed by atoms with Crippen molar-refractivity contribution >= 4 is 0 Å². The van der Waals surface area contributed by atoms with E-state index in [0.717, 1.165) is 12.8 Å². The Morgan fingerprint density at radius 1 is 1.29 bits per heavy atom. The van der Waals surface area contributed by atoms with Gasteiger partial charge in [-0.25, -0.2) is 0 Å². The molecular formula is C12H22O5. The number of aliphatic hydroxyl groups excluding tert-OH is 3. The summed E-state index contributed by atoms with van der Waals surface area (Å²) in [5.41, 5.74) is 0. The highest BCUT2D eigenvalue weighted by Crippen LogP contribution is 2.40. The van der Waals surface area contributed by atoms with Crippen LogP contribution in [0.15, 0.2) is 0 Å². The number of rotatable bonds is 2. The lowest BCUT2D eigenvalue weighted by Crippen LogP contribution is -2.61. The standard InChI is InChI=1S/C12H22O5/c1-8-3-2-5-12(16-8)11(15)10(14)7-9(17-12)4-6-13/h8-11,13-15H,2-7H2,1H3/t8-,9+,10+,11-,12+/m1/s1. The van der Waals surface area contributed by atoms with E-state index in [9.17, 15) is 10.2 Å². The normalized spacial score (nSPS) is 47.3. The molecule has 0 amide bonds. The summed E-state index contributed by atoms with van der Waals surface area (Å²) in [5, 5.41) is 28.9. The first-order valence-corrected chi connectivity index (χ1v) is 6.40. The molecular weight excluding hydrogens is 224 g/mol. The van der Waals surface area contributed by atoms with Gasteiger partial charge in [-0.05, 0) is 26.2 Å². The maximum atomic E-state index is 10.1. The molecule has 0 aromatic rings. The Labute approximate surface area is 101 Å². The van der Waals surface area contributed by atoms with E-state index in [-0.39, 0.29) is 18.8 Å². The van der Waals surface area contributed by atoms with Gasteiger partial charge in [0.05, 0.1) is 18.3 Å². The van der Waals surface area contributed by atoms with E-state index in [1.807, 2.05) is 6.92 Å². The van der Waals surface area contributed by atoms with Gasteiger partial charge in [0.25, 0.3) is 0 Å². The zero-order valence-electron chi connectivity index (χ0n) is 10.2. The highest BCUT2D eigenvalue weighted by Gasteiger charge is 2.51. The Kier molecular flexibility index (Phi) is 4.05. The molecule has 2 saturated heterocycles. The highest BCUT2D eigenvalue weighted by molar-refractivity contribution is 4.94. The van der Waals surface area contributed by atoms with Gasteiger partial charge in [-0.1, -0.05) is 0 Å². The van der Waals surface area contributed by atoms with Crippen LogP contribution in [0.4, 0.5) is 0 Å². The minimum atomic E-state index is -1.07. The maximum Gasteiger partial charge on any atom is 0.197 e. The third kappa shape index (κ3) is 2.63. The highest BCUT2D eigenvalue weighted by atomic mass is 16.7. The number of hydrogen-bond donors (Lipinski definition) is 3. The van der Waals surface area contributed by atoms with Gasteiger partial charge < -0.3 is 24.8 Å². The molecule has 5 atom stereocenters. The van der Waals surface area contributed by atoms with Gasteiger partial charge in [0.15, 0.2) is 5.79 Å². The second kappa shape index (κ2) is 5.20. The lowest BCUT2D eigenvalue weighted by atomic mass is 9.88. The average Bonchev–Trinajstić information content (AvgIpc) is 2.26. The molecule has 2 rings (SSSR count). The van der Waals surface area contributed by atoms with Crippen LogP contribution in [0, 0.1) is 0 Å². The first kappa shape index (κ1) is 13.2. The molecule has 5 heteroatoms. The molecule has 0 aromatic carbocycles. The monoisotopic (exact) mass is 246 g/mol. The Bertz CT molecular complexity index is 259. The summed E-state index contributed by atoms with van der Waals surface area (Å²) < 4.78 is 11.6. The van der Waals surface area contributed by atoms with Crippen molar-refractivity contribution < 1.29 is 24.8 Å². The zero-order chi connectivity index (χ0) is 12.5. The van der Waals surface area contributed by atoms with Gasteiger partial charge in [-0.15, -0.1) is 0 Å². The van der Waals surface area contributed by atoms with E-state index in [1.54, 1.807) is 0 Å². The maximum absolute atomic E-state index is 10.1. The fraction of sp³-hybridized carbons (Fsp3) is 1.00. The lowest BCUT2D eigenvalue weighted by molar-refractivity contribution is -0.365. The first-order chi connectivity index (χ1) is 8.07. The third-order valence-corrected chi connectivity index (χ3v) is 3.67. The Hall–Kier alpha value is -0.200. The quantitative estimate of drug-likeness (QED) is 0.647. The van der Waals surface area contributed by atoms with E-state index < -0.39 is 18.0 Å². The van der Waals surface area contributed by atoms with E-state index in [1.165, 1.54) is 0 Å². The first-order valence-electron chi connectivity index (χ1n) is 6.40. The summed E-state index contributed by atoms with van der Waals surface area (Å²) in [7, 11) is 0. The van der Waals surface area contributed by atoms with Gasteiger partial charge in [0.2, 0.25) is 0 Å². The van der Waals surface area contributed by atoms with Crippen molar-refractivity contribution in [3.63, 3.8) is 0 Å². The minimum Gasteiger partial charge on any atom is -0.396 e. The summed E-state index contributed by atoms with van der Waals surface area (Å²) in [4.78, 5) is 0. The molecule has 1 spiro atoms. The summed E-state index contributed by atoms with van der Waals surface area (Å²) in [6, 6.07) is 0. The van der Waals surface area contributed by atoms with E-state index in [2.05, 4.69) is 0 Å². The SMILES string of the molecule is C[C@@H]1CCC[C@@]2(O[C@@H](CCO)C[C@H](O)[C@H]2O)O1. The van der Waals surface area contributed by atoms with Crippen LogP contribution in [-0.4, -0.2) is 52.1 Å². The van der Waals surface area contributed by atoms with Gasteiger partial charge in [0, 0.05) is 19.4 Å². The minimum absolute atomic E-state index is 0.0130. The number of ether oxygens (including phenoxy) is 2. The van der Waals surface area contributed by atoms with Crippen LogP contribution in [-0.2, 0) is 9.47 Å². The largest absolute Gasteiger partial charge is 0.396 e. The zero-order valence-corrected chi connectivity index (χ0v) is 10.2. The summed E-state index contributed by atoms with van der Waals surface area (Å²) in [6.07, 6.45) is 1.20. The smallest absolute Gasteiger partial charge is 0.197 e. The molecule has 0 unspecified atom stereocenters. The number of aliphatic hydroxyl groups is 3. The van der Waals surface area contributed by atoms with Crippen LogP contribution < -0.4 is 0 Å². The van der Waals surface area contributed by atoms with Crippen molar-refractivity contribution in [1.82, 2.24) is 0 Å². The summed E-state index contributed by atoms with van der Waals surface area (Å²) >= 11 is 0. The number of hydrogen-bond acceptors (Lipinski definition) is 5. The van der Waals surface area contributed by atoms with Crippen molar-refractivity contribution in [3.05, 3.63) is 0 Å². The van der Waals surface area contributed by atoms with E-state index in [0.29, 0.717) is 19.3 Å².